The molecule has 0 bridgehead atoms. The van der Waals surface area contributed by atoms with Crippen LogP contribution in [0.5, 0.6) is 5.75 Å². The van der Waals surface area contributed by atoms with Crippen molar-refractivity contribution in [2.45, 2.75) is 32.2 Å². The van der Waals surface area contributed by atoms with Crippen LogP contribution in [0.4, 0.5) is 0 Å². The minimum atomic E-state index is -1.03. The Kier molecular flexibility index (Phi) is 6.31. The van der Waals surface area contributed by atoms with E-state index in [4.69, 9.17) is 21.4 Å². The van der Waals surface area contributed by atoms with Crippen LogP contribution in [0.2, 0.25) is 5.02 Å². The molecule has 1 aromatic carbocycles. The molecule has 0 saturated heterocycles. The smallest absolute Gasteiger partial charge is 0.326 e. The highest BCUT2D eigenvalue weighted by Crippen LogP contribution is 2.23. The van der Waals surface area contributed by atoms with Gasteiger partial charge in [-0.3, -0.25) is 4.79 Å². The van der Waals surface area contributed by atoms with Gasteiger partial charge in [-0.2, -0.15) is 0 Å². The molecule has 1 amide bonds. The molecule has 5 nitrogen and oxygen atoms in total. The van der Waals surface area contributed by atoms with Crippen molar-refractivity contribution in [3.63, 3.8) is 0 Å². The van der Waals surface area contributed by atoms with E-state index in [0.29, 0.717) is 29.2 Å². The van der Waals surface area contributed by atoms with Crippen LogP contribution in [-0.4, -0.2) is 30.1 Å². The van der Waals surface area contributed by atoms with E-state index >= 15 is 0 Å². The number of benzene rings is 1. The molecule has 1 aromatic rings. The Morgan fingerprint density at radius 3 is 2.70 bits per heavy atom. The normalized spacial score (nSPS) is 11.8. The Balaban J connectivity index is 2.75. The maximum Gasteiger partial charge on any atom is 0.326 e. The summed E-state index contributed by atoms with van der Waals surface area (Å²) in [6, 6.07) is 4.11. The highest BCUT2D eigenvalue weighted by Gasteiger charge is 2.19. The average molecular weight is 300 g/mol. The van der Waals surface area contributed by atoms with Crippen molar-refractivity contribution in [1.82, 2.24) is 5.32 Å². The fourth-order valence-corrected chi connectivity index (χ4v) is 2.04. The van der Waals surface area contributed by atoms with Crippen LogP contribution in [-0.2, 0) is 16.0 Å². The molecule has 0 spiro atoms. The largest absolute Gasteiger partial charge is 0.496 e. The number of ether oxygens (including phenoxy) is 1. The van der Waals surface area contributed by atoms with E-state index in [2.05, 4.69) is 5.32 Å². The molecule has 0 aliphatic heterocycles. The highest BCUT2D eigenvalue weighted by atomic mass is 35.5. The number of halogens is 1. The van der Waals surface area contributed by atoms with E-state index in [0.717, 1.165) is 0 Å². The molecule has 0 unspecified atom stereocenters. The van der Waals surface area contributed by atoms with Crippen molar-refractivity contribution in [2.24, 2.45) is 0 Å². The topological polar surface area (TPSA) is 75.6 Å². The summed E-state index contributed by atoms with van der Waals surface area (Å²) in [6.07, 6.45) is 1.10. The predicted octanol–water partition coefficient (Wildman–Crippen LogP) is 2.26. The van der Waals surface area contributed by atoms with Gasteiger partial charge in [0.2, 0.25) is 5.91 Å². The number of amides is 1. The van der Waals surface area contributed by atoms with Gasteiger partial charge >= 0.3 is 5.97 Å². The van der Waals surface area contributed by atoms with Crippen LogP contribution in [0.3, 0.4) is 0 Å². The molecule has 20 heavy (non-hydrogen) atoms. The zero-order chi connectivity index (χ0) is 15.1. The Morgan fingerprint density at radius 2 is 2.15 bits per heavy atom. The first-order valence-electron chi connectivity index (χ1n) is 6.32. The third-order valence-electron chi connectivity index (χ3n) is 2.80. The molecule has 2 N–H and O–H groups in total. The fourth-order valence-electron chi connectivity index (χ4n) is 1.85. The first kappa shape index (κ1) is 16.3. The Bertz CT molecular complexity index is 490. The van der Waals surface area contributed by atoms with Crippen LogP contribution in [0.1, 0.15) is 25.3 Å². The van der Waals surface area contributed by atoms with Gasteiger partial charge in [0.15, 0.2) is 0 Å². The van der Waals surface area contributed by atoms with Crippen LogP contribution in [0, 0.1) is 0 Å². The summed E-state index contributed by atoms with van der Waals surface area (Å²) in [5.74, 6) is -0.850. The van der Waals surface area contributed by atoms with E-state index < -0.39 is 12.0 Å². The number of aliphatic carboxylic acids is 1. The van der Waals surface area contributed by atoms with Gasteiger partial charge in [0, 0.05) is 10.6 Å². The maximum atomic E-state index is 11.9. The third-order valence-corrected chi connectivity index (χ3v) is 3.04. The third kappa shape index (κ3) is 4.74. The fraction of sp³-hybridized carbons (Fsp3) is 0.429. The zero-order valence-electron chi connectivity index (χ0n) is 11.5. The summed E-state index contributed by atoms with van der Waals surface area (Å²) >= 11 is 5.88. The molecule has 0 aromatic heterocycles. The second-order valence-corrected chi connectivity index (χ2v) is 4.82. The molecule has 6 heteroatoms. The lowest BCUT2D eigenvalue weighted by molar-refractivity contribution is -0.141. The summed E-state index contributed by atoms with van der Waals surface area (Å²) in [7, 11) is 1.50. The van der Waals surface area contributed by atoms with Gasteiger partial charge in [0.25, 0.3) is 0 Å². The average Bonchev–Trinajstić information content (AvgIpc) is 2.38. The van der Waals surface area contributed by atoms with Crippen molar-refractivity contribution in [3.8, 4) is 5.75 Å². The molecule has 0 aliphatic rings. The van der Waals surface area contributed by atoms with Crippen LogP contribution >= 0.6 is 11.6 Å². The minimum Gasteiger partial charge on any atom is -0.496 e. The lowest BCUT2D eigenvalue weighted by Gasteiger charge is -2.14. The number of methoxy groups -OCH3 is 1. The summed E-state index contributed by atoms with van der Waals surface area (Å²) in [5, 5.41) is 12.0. The van der Waals surface area contributed by atoms with Gasteiger partial charge in [0.05, 0.1) is 13.5 Å². The number of hydrogen-bond donors (Lipinski definition) is 2. The maximum absolute atomic E-state index is 11.9. The molecule has 0 radical (unpaired) electrons. The number of carboxylic acids is 1. The molecule has 1 rings (SSSR count). The number of hydrogen-bond acceptors (Lipinski definition) is 3. The van der Waals surface area contributed by atoms with Gasteiger partial charge in [-0.1, -0.05) is 24.9 Å². The minimum absolute atomic E-state index is 0.0250. The molecular weight excluding hydrogens is 282 g/mol. The van der Waals surface area contributed by atoms with E-state index in [1.54, 1.807) is 18.2 Å². The Morgan fingerprint density at radius 1 is 1.45 bits per heavy atom. The van der Waals surface area contributed by atoms with Gasteiger partial charge in [-0.15, -0.1) is 0 Å². The lowest BCUT2D eigenvalue weighted by Crippen LogP contribution is -2.41. The summed E-state index contributed by atoms with van der Waals surface area (Å²) in [5.41, 5.74) is 0.623. The summed E-state index contributed by atoms with van der Waals surface area (Å²) < 4.78 is 5.15. The van der Waals surface area contributed by atoms with Crippen LogP contribution in [0.15, 0.2) is 18.2 Å². The molecule has 0 aliphatic carbocycles. The number of rotatable bonds is 7. The van der Waals surface area contributed by atoms with E-state index in [-0.39, 0.29) is 12.3 Å². The molecule has 0 saturated carbocycles. The number of carboxylic acid groups (broad SMARTS) is 1. The summed E-state index contributed by atoms with van der Waals surface area (Å²) in [6.45, 7) is 1.86. The van der Waals surface area contributed by atoms with Crippen molar-refractivity contribution in [2.75, 3.05) is 7.11 Å². The Labute approximate surface area is 122 Å². The first-order valence-corrected chi connectivity index (χ1v) is 6.70. The van der Waals surface area contributed by atoms with Crippen molar-refractivity contribution >= 4 is 23.5 Å². The zero-order valence-corrected chi connectivity index (χ0v) is 12.2. The van der Waals surface area contributed by atoms with Crippen LogP contribution in [0.25, 0.3) is 0 Å². The molecule has 0 fully saturated rings. The van der Waals surface area contributed by atoms with E-state index in [9.17, 15) is 9.59 Å². The SMILES string of the molecule is CCC[C@@H](NC(=O)Cc1cc(Cl)ccc1OC)C(=O)O. The second kappa shape index (κ2) is 7.75. The molecule has 110 valence electrons. The highest BCUT2D eigenvalue weighted by molar-refractivity contribution is 6.30. The molecular formula is C14H18ClNO4. The van der Waals surface area contributed by atoms with E-state index in [1.165, 1.54) is 7.11 Å². The number of carbonyl (C=O) groups is 2. The van der Waals surface area contributed by atoms with Crippen molar-refractivity contribution in [3.05, 3.63) is 28.8 Å². The first-order chi connectivity index (χ1) is 9.47. The van der Waals surface area contributed by atoms with Gasteiger partial charge < -0.3 is 15.2 Å². The van der Waals surface area contributed by atoms with Crippen molar-refractivity contribution < 1.29 is 19.4 Å². The van der Waals surface area contributed by atoms with Crippen LogP contribution < -0.4 is 10.1 Å². The predicted molar refractivity (Wildman–Crippen MR) is 76.2 cm³/mol. The second-order valence-electron chi connectivity index (χ2n) is 4.38. The summed E-state index contributed by atoms with van der Waals surface area (Å²) in [4.78, 5) is 22.9. The van der Waals surface area contributed by atoms with Gasteiger partial charge in [-0.05, 0) is 24.6 Å². The Hall–Kier alpha value is -1.75. The monoisotopic (exact) mass is 299 g/mol. The van der Waals surface area contributed by atoms with Crippen molar-refractivity contribution in [1.29, 1.82) is 0 Å². The van der Waals surface area contributed by atoms with Gasteiger partial charge in [0.1, 0.15) is 11.8 Å². The molecule has 1 atom stereocenters. The standard InChI is InChI=1S/C14H18ClNO4/c1-3-4-11(14(18)19)16-13(17)8-9-7-10(15)5-6-12(9)20-2/h5-7,11H,3-4,8H2,1-2H3,(H,16,17)(H,18,19)/t11-/m1/s1. The quantitative estimate of drug-likeness (QED) is 0.810. The van der Waals surface area contributed by atoms with E-state index in [1.807, 2.05) is 6.92 Å². The molecule has 0 heterocycles. The number of nitrogens with one attached hydrogen (secondary N) is 1. The lowest BCUT2D eigenvalue weighted by atomic mass is 10.1. The number of carbonyl (C=O) groups excluding carboxylic acids is 1. The van der Waals surface area contributed by atoms with Gasteiger partial charge in [-0.25, -0.2) is 4.79 Å².